The first-order valence-electron chi connectivity index (χ1n) is 5.15. The van der Waals surface area contributed by atoms with E-state index in [4.69, 9.17) is 0 Å². The number of hydrogen-bond acceptors (Lipinski definition) is 1. The maximum atomic E-state index is 2.38. The standard InChI is InChI=1S/C12H18IN/c1-3-4-9-14(2)10-11-5-7-12(13)8-6-11/h5-8H,3-4,9-10H2,1-2H3. The third kappa shape index (κ3) is 4.42. The summed E-state index contributed by atoms with van der Waals surface area (Å²) >= 11 is 2.34. The molecule has 14 heavy (non-hydrogen) atoms. The molecule has 0 aliphatic rings. The fourth-order valence-electron chi connectivity index (χ4n) is 1.41. The molecular formula is C12H18IN. The summed E-state index contributed by atoms with van der Waals surface area (Å²) in [5, 5.41) is 0. The van der Waals surface area contributed by atoms with Crippen LogP contribution in [0.3, 0.4) is 0 Å². The van der Waals surface area contributed by atoms with Gasteiger partial charge in [0.15, 0.2) is 0 Å². The summed E-state index contributed by atoms with van der Waals surface area (Å²) in [4.78, 5) is 2.38. The normalized spacial score (nSPS) is 10.9. The Balaban J connectivity index is 2.39. The van der Waals surface area contributed by atoms with Crippen LogP contribution in [0.25, 0.3) is 0 Å². The number of benzene rings is 1. The molecule has 0 amide bonds. The van der Waals surface area contributed by atoms with Crippen LogP contribution in [0, 0.1) is 3.57 Å². The molecule has 0 aromatic heterocycles. The number of unbranched alkanes of at least 4 members (excludes halogenated alkanes) is 1. The van der Waals surface area contributed by atoms with Crippen molar-refractivity contribution >= 4 is 22.6 Å². The van der Waals surface area contributed by atoms with Gasteiger partial charge in [-0.05, 0) is 60.3 Å². The first kappa shape index (κ1) is 12.0. The Morgan fingerprint density at radius 1 is 1.21 bits per heavy atom. The van der Waals surface area contributed by atoms with Gasteiger partial charge in [0.05, 0.1) is 0 Å². The van der Waals surface area contributed by atoms with Crippen LogP contribution in [0.2, 0.25) is 0 Å². The molecule has 1 rings (SSSR count). The second-order valence-electron chi connectivity index (χ2n) is 3.72. The van der Waals surface area contributed by atoms with Gasteiger partial charge in [-0.3, -0.25) is 0 Å². The molecule has 0 fully saturated rings. The van der Waals surface area contributed by atoms with Gasteiger partial charge < -0.3 is 4.90 Å². The fraction of sp³-hybridized carbons (Fsp3) is 0.500. The molecule has 0 unspecified atom stereocenters. The van der Waals surface area contributed by atoms with E-state index in [0.717, 1.165) is 6.54 Å². The highest BCUT2D eigenvalue weighted by Gasteiger charge is 1.98. The third-order valence-corrected chi connectivity index (χ3v) is 2.98. The largest absolute Gasteiger partial charge is 0.302 e. The number of halogens is 1. The predicted octanol–water partition coefficient (Wildman–Crippen LogP) is 3.52. The fourth-order valence-corrected chi connectivity index (χ4v) is 1.77. The molecule has 78 valence electrons. The van der Waals surface area contributed by atoms with Crippen LogP contribution >= 0.6 is 22.6 Å². The number of rotatable bonds is 5. The van der Waals surface area contributed by atoms with Gasteiger partial charge in [-0.15, -0.1) is 0 Å². The first-order chi connectivity index (χ1) is 6.72. The Morgan fingerprint density at radius 3 is 2.43 bits per heavy atom. The van der Waals surface area contributed by atoms with E-state index >= 15 is 0 Å². The molecule has 0 aliphatic heterocycles. The smallest absolute Gasteiger partial charge is 0.0230 e. The average Bonchev–Trinajstić information content (AvgIpc) is 2.18. The van der Waals surface area contributed by atoms with E-state index in [-0.39, 0.29) is 0 Å². The topological polar surface area (TPSA) is 3.24 Å². The Bertz CT molecular complexity index is 256. The minimum atomic E-state index is 1.07. The average molecular weight is 303 g/mol. The zero-order chi connectivity index (χ0) is 10.4. The second-order valence-corrected chi connectivity index (χ2v) is 4.96. The lowest BCUT2D eigenvalue weighted by atomic mass is 10.2. The Morgan fingerprint density at radius 2 is 1.86 bits per heavy atom. The van der Waals surface area contributed by atoms with E-state index < -0.39 is 0 Å². The molecule has 1 nitrogen and oxygen atoms in total. The van der Waals surface area contributed by atoms with Crippen LogP contribution in [-0.2, 0) is 6.54 Å². The van der Waals surface area contributed by atoms with Crippen molar-refractivity contribution in [3.05, 3.63) is 33.4 Å². The summed E-state index contributed by atoms with van der Waals surface area (Å²) in [6.07, 6.45) is 2.57. The van der Waals surface area contributed by atoms with E-state index in [9.17, 15) is 0 Å². The number of hydrogen-bond donors (Lipinski definition) is 0. The van der Waals surface area contributed by atoms with Crippen molar-refractivity contribution in [2.45, 2.75) is 26.3 Å². The molecule has 2 heteroatoms. The zero-order valence-corrected chi connectivity index (χ0v) is 11.1. The van der Waals surface area contributed by atoms with Crippen molar-refractivity contribution in [1.82, 2.24) is 4.90 Å². The number of nitrogens with zero attached hydrogens (tertiary/aromatic N) is 1. The Hall–Kier alpha value is -0.0900. The van der Waals surface area contributed by atoms with Gasteiger partial charge in [0.1, 0.15) is 0 Å². The highest BCUT2D eigenvalue weighted by atomic mass is 127. The van der Waals surface area contributed by atoms with Crippen LogP contribution in [0.1, 0.15) is 25.3 Å². The van der Waals surface area contributed by atoms with Gasteiger partial charge in [0.2, 0.25) is 0 Å². The Kier molecular flexibility index (Phi) is 5.48. The lowest BCUT2D eigenvalue weighted by Gasteiger charge is -2.15. The summed E-state index contributed by atoms with van der Waals surface area (Å²) in [7, 11) is 2.19. The van der Waals surface area contributed by atoms with Crippen molar-refractivity contribution in [3.8, 4) is 0 Å². The third-order valence-electron chi connectivity index (χ3n) is 2.26. The SMILES string of the molecule is CCCCN(C)Cc1ccc(I)cc1. The van der Waals surface area contributed by atoms with Crippen LogP contribution in [0.4, 0.5) is 0 Å². The summed E-state index contributed by atoms with van der Waals surface area (Å²) in [5.74, 6) is 0. The van der Waals surface area contributed by atoms with Gasteiger partial charge in [-0.1, -0.05) is 25.5 Å². The van der Waals surface area contributed by atoms with Gasteiger partial charge in [-0.25, -0.2) is 0 Å². The van der Waals surface area contributed by atoms with E-state index in [1.54, 1.807) is 0 Å². The lowest BCUT2D eigenvalue weighted by molar-refractivity contribution is 0.321. The molecule has 0 radical (unpaired) electrons. The molecule has 1 aromatic rings. The van der Waals surface area contributed by atoms with E-state index in [2.05, 4.69) is 65.7 Å². The molecule has 0 spiro atoms. The summed E-state index contributed by atoms with van der Waals surface area (Å²) in [5.41, 5.74) is 1.41. The molecule has 1 aromatic carbocycles. The van der Waals surface area contributed by atoms with Crippen molar-refractivity contribution in [2.75, 3.05) is 13.6 Å². The van der Waals surface area contributed by atoms with Crippen LogP contribution in [0.5, 0.6) is 0 Å². The van der Waals surface area contributed by atoms with Crippen molar-refractivity contribution < 1.29 is 0 Å². The predicted molar refractivity (Wildman–Crippen MR) is 70.4 cm³/mol. The minimum Gasteiger partial charge on any atom is -0.302 e. The summed E-state index contributed by atoms with van der Waals surface area (Å²) in [6.45, 7) is 4.50. The van der Waals surface area contributed by atoms with Crippen molar-refractivity contribution in [3.63, 3.8) is 0 Å². The van der Waals surface area contributed by atoms with Crippen molar-refractivity contribution in [1.29, 1.82) is 0 Å². The first-order valence-corrected chi connectivity index (χ1v) is 6.23. The van der Waals surface area contributed by atoms with Gasteiger partial charge in [0.25, 0.3) is 0 Å². The molecule has 0 saturated heterocycles. The molecular weight excluding hydrogens is 285 g/mol. The molecule has 0 atom stereocenters. The quantitative estimate of drug-likeness (QED) is 0.752. The zero-order valence-electron chi connectivity index (χ0n) is 8.96. The molecule has 0 bridgehead atoms. The van der Waals surface area contributed by atoms with Gasteiger partial charge in [0, 0.05) is 10.1 Å². The van der Waals surface area contributed by atoms with Gasteiger partial charge >= 0.3 is 0 Å². The van der Waals surface area contributed by atoms with E-state index in [1.165, 1.54) is 28.5 Å². The van der Waals surface area contributed by atoms with Crippen molar-refractivity contribution in [2.24, 2.45) is 0 Å². The van der Waals surface area contributed by atoms with E-state index in [0.29, 0.717) is 0 Å². The lowest BCUT2D eigenvalue weighted by Crippen LogP contribution is -2.18. The summed E-state index contributed by atoms with van der Waals surface area (Å²) in [6, 6.07) is 8.77. The second kappa shape index (κ2) is 6.40. The Labute approximate surface area is 101 Å². The highest BCUT2D eigenvalue weighted by molar-refractivity contribution is 14.1. The highest BCUT2D eigenvalue weighted by Crippen LogP contribution is 2.08. The van der Waals surface area contributed by atoms with Crippen LogP contribution < -0.4 is 0 Å². The monoisotopic (exact) mass is 303 g/mol. The minimum absolute atomic E-state index is 1.07. The molecule has 0 saturated carbocycles. The summed E-state index contributed by atoms with van der Waals surface area (Å²) < 4.78 is 1.31. The molecule has 0 heterocycles. The molecule has 0 N–H and O–H groups in total. The van der Waals surface area contributed by atoms with E-state index in [1.807, 2.05) is 0 Å². The van der Waals surface area contributed by atoms with Crippen LogP contribution in [-0.4, -0.2) is 18.5 Å². The maximum absolute atomic E-state index is 2.38. The maximum Gasteiger partial charge on any atom is 0.0230 e. The van der Waals surface area contributed by atoms with Crippen LogP contribution in [0.15, 0.2) is 24.3 Å². The van der Waals surface area contributed by atoms with Gasteiger partial charge in [-0.2, -0.15) is 0 Å². The molecule has 0 aliphatic carbocycles.